The molecule has 0 saturated carbocycles. The first-order chi connectivity index (χ1) is 9.50. The normalized spacial score (nSPS) is 34.2. The van der Waals surface area contributed by atoms with E-state index in [4.69, 9.17) is 5.11 Å². The highest BCUT2D eigenvalue weighted by atomic mass is 16.4. The van der Waals surface area contributed by atoms with Crippen LogP contribution in [0.4, 0.5) is 0 Å². The van der Waals surface area contributed by atoms with Gasteiger partial charge in [-0.05, 0) is 39.2 Å². The average Bonchev–Trinajstić information content (AvgIpc) is 2.88. The highest BCUT2D eigenvalue weighted by Gasteiger charge is 2.45. The summed E-state index contributed by atoms with van der Waals surface area (Å²) in [5.74, 6) is -0.784. The van der Waals surface area contributed by atoms with Crippen molar-refractivity contribution < 1.29 is 14.7 Å². The molecular weight excluding hydrogens is 256 g/mol. The third kappa shape index (κ3) is 2.82. The number of carboxylic acid groups (broad SMARTS) is 1. The molecule has 0 aromatic carbocycles. The fraction of sp³-hybridized carbons (Fsp3) is 0.867. The van der Waals surface area contributed by atoms with Crippen LogP contribution in [0.3, 0.4) is 0 Å². The zero-order valence-corrected chi connectivity index (χ0v) is 12.5. The van der Waals surface area contributed by atoms with E-state index in [2.05, 4.69) is 12.2 Å². The number of nitrogens with zero attached hydrogens (tertiary/aromatic N) is 1. The molecule has 0 aliphatic carbocycles. The second-order valence-corrected chi connectivity index (χ2v) is 6.36. The van der Waals surface area contributed by atoms with Crippen molar-refractivity contribution in [3.05, 3.63) is 0 Å². The lowest BCUT2D eigenvalue weighted by Gasteiger charge is -2.41. The Bertz CT molecular complexity index is 377. The Hall–Kier alpha value is -1.10. The number of hydrogen-bond donors (Lipinski definition) is 2. The van der Waals surface area contributed by atoms with E-state index in [1.807, 2.05) is 11.8 Å². The summed E-state index contributed by atoms with van der Waals surface area (Å²) in [5, 5.41) is 12.4. The standard InChI is InChI=1S/C15H26N2O3/c1-3-5-15(6-7-16-10-15)14(20)17-8-4-12(13(18)19)9-11(17)2/h11-12,16H,3-10H2,1-2H3,(H,18,19). The van der Waals surface area contributed by atoms with E-state index in [9.17, 15) is 9.59 Å². The van der Waals surface area contributed by atoms with Gasteiger partial charge in [-0.3, -0.25) is 9.59 Å². The lowest BCUT2D eigenvalue weighted by Crippen LogP contribution is -2.52. The maximum absolute atomic E-state index is 12.9. The molecule has 2 aliphatic heterocycles. The van der Waals surface area contributed by atoms with Gasteiger partial charge in [0.25, 0.3) is 0 Å². The fourth-order valence-electron chi connectivity index (χ4n) is 3.73. The number of amides is 1. The number of aliphatic carboxylic acids is 1. The van der Waals surface area contributed by atoms with Crippen molar-refractivity contribution >= 4 is 11.9 Å². The zero-order chi connectivity index (χ0) is 14.8. The lowest BCUT2D eigenvalue weighted by atomic mass is 9.79. The highest BCUT2D eigenvalue weighted by Crippen LogP contribution is 2.36. The van der Waals surface area contributed by atoms with Crippen LogP contribution in [0.2, 0.25) is 0 Å². The molecule has 1 amide bonds. The molecule has 2 aliphatic rings. The molecule has 0 aromatic heterocycles. The Morgan fingerprint density at radius 1 is 1.45 bits per heavy atom. The Labute approximate surface area is 120 Å². The van der Waals surface area contributed by atoms with Crippen molar-refractivity contribution in [1.82, 2.24) is 10.2 Å². The second-order valence-electron chi connectivity index (χ2n) is 6.36. The van der Waals surface area contributed by atoms with E-state index in [-0.39, 0.29) is 23.3 Å². The topological polar surface area (TPSA) is 69.6 Å². The number of carbonyl (C=O) groups is 2. The zero-order valence-electron chi connectivity index (χ0n) is 12.5. The molecule has 2 fully saturated rings. The van der Waals surface area contributed by atoms with E-state index in [0.29, 0.717) is 19.4 Å². The SMILES string of the molecule is CCCC1(C(=O)N2CCC(C(=O)O)CC2C)CCNC1. The molecule has 0 bridgehead atoms. The summed E-state index contributed by atoms with van der Waals surface area (Å²) in [6, 6.07) is 0.0340. The third-order valence-electron chi connectivity index (χ3n) is 4.91. The summed E-state index contributed by atoms with van der Waals surface area (Å²) in [4.78, 5) is 26.0. The van der Waals surface area contributed by atoms with Crippen LogP contribution in [0.1, 0.15) is 46.0 Å². The summed E-state index contributed by atoms with van der Waals surface area (Å²) in [6.07, 6.45) is 4.00. The molecule has 2 rings (SSSR count). The number of carboxylic acids is 1. The van der Waals surface area contributed by atoms with Crippen molar-refractivity contribution in [3.63, 3.8) is 0 Å². The largest absolute Gasteiger partial charge is 0.481 e. The number of carbonyl (C=O) groups excluding carboxylic acids is 1. The van der Waals surface area contributed by atoms with Crippen LogP contribution >= 0.6 is 0 Å². The third-order valence-corrected chi connectivity index (χ3v) is 4.91. The van der Waals surface area contributed by atoms with Gasteiger partial charge in [0.2, 0.25) is 5.91 Å². The van der Waals surface area contributed by atoms with Crippen molar-refractivity contribution in [2.75, 3.05) is 19.6 Å². The van der Waals surface area contributed by atoms with Crippen LogP contribution in [0, 0.1) is 11.3 Å². The van der Waals surface area contributed by atoms with Crippen LogP contribution in [0.25, 0.3) is 0 Å². The van der Waals surface area contributed by atoms with Crippen LogP contribution in [-0.2, 0) is 9.59 Å². The molecule has 3 unspecified atom stereocenters. The van der Waals surface area contributed by atoms with Gasteiger partial charge in [0.05, 0.1) is 11.3 Å². The smallest absolute Gasteiger partial charge is 0.306 e. The Kier molecular flexibility index (Phi) is 4.68. The molecule has 5 nitrogen and oxygen atoms in total. The van der Waals surface area contributed by atoms with Crippen molar-refractivity contribution in [2.24, 2.45) is 11.3 Å². The summed E-state index contributed by atoms with van der Waals surface area (Å²) >= 11 is 0. The molecule has 0 aromatic rings. The molecule has 5 heteroatoms. The van der Waals surface area contributed by atoms with Crippen molar-refractivity contribution in [3.8, 4) is 0 Å². The molecule has 0 spiro atoms. The van der Waals surface area contributed by atoms with E-state index in [1.165, 1.54) is 0 Å². The van der Waals surface area contributed by atoms with E-state index < -0.39 is 5.97 Å². The number of nitrogens with one attached hydrogen (secondary N) is 1. The first kappa shape index (κ1) is 15.3. The molecule has 114 valence electrons. The summed E-state index contributed by atoms with van der Waals surface area (Å²) in [5.41, 5.74) is -0.251. The van der Waals surface area contributed by atoms with Crippen LogP contribution in [0.15, 0.2) is 0 Å². The summed E-state index contributed by atoms with van der Waals surface area (Å²) in [6.45, 7) is 6.36. The monoisotopic (exact) mass is 282 g/mol. The lowest BCUT2D eigenvalue weighted by molar-refractivity contribution is -0.151. The van der Waals surface area contributed by atoms with E-state index >= 15 is 0 Å². The van der Waals surface area contributed by atoms with E-state index in [1.54, 1.807) is 0 Å². The van der Waals surface area contributed by atoms with Crippen molar-refractivity contribution in [2.45, 2.75) is 52.0 Å². The van der Waals surface area contributed by atoms with E-state index in [0.717, 1.165) is 32.4 Å². The molecular formula is C15H26N2O3. The maximum Gasteiger partial charge on any atom is 0.306 e. The van der Waals surface area contributed by atoms with Crippen LogP contribution < -0.4 is 5.32 Å². The summed E-state index contributed by atoms with van der Waals surface area (Å²) < 4.78 is 0. The second kappa shape index (κ2) is 6.12. The predicted molar refractivity (Wildman–Crippen MR) is 76.4 cm³/mol. The minimum atomic E-state index is -0.727. The summed E-state index contributed by atoms with van der Waals surface area (Å²) in [7, 11) is 0. The molecule has 0 radical (unpaired) electrons. The van der Waals surface area contributed by atoms with Gasteiger partial charge in [0.15, 0.2) is 0 Å². The van der Waals surface area contributed by atoms with Crippen LogP contribution in [-0.4, -0.2) is 47.6 Å². The van der Waals surface area contributed by atoms with Gasteiger partial charge in [-0.2, -0.15) is 0 Å². The predicted octanol–water partition coefficient (Wildman–Crippen LogP) is 1.48. The molecule has 2 N–H and O–H groups in total. The van der Waals surface area contributed by atoms with Gasteiger partial charge in [0, 0.05) is 19.1 Å². The highest BCUT2D eigenvalue weighted by molar-refractivity contribution is 5.84. The number of piperidine rings is 1. The molecule has 2 saturated heterocycles. The Morgan fingerprint density at radius 2 is 2.20 bits per heavy atom. The minimum Gasteiger partial charge on any atom is -0.481 e. The Morgan fingerprint density at radius 3 is 2.70 bits per heavy atom. The molecule has 3 atom stereocenters. The fourth-order valence-corrected chi connectivity index (χ4v) is 3.73. The number of hydrogen-bond acceptors (Lipinski definition) is 3. The van der Waals surface area contributed by atoms with Gasteiger partial charge in [0.1, 0.15) is 0 Å². The van der Waals surface area contributed by atoms with Gasteiger partial charge in [-0.1, -0.05) is 13.3 Å². The van der Waals surface area contributed by atoms with Gasteiger partial charge in [-0.25, -0.2) is 0 Å². The average molecular weight is 282 g/mol. The van der Waals surface area contributed by atoms with Crippen LogP contribution in [0.5, 0.6) is 0 Å². The molecule has 2 heterocycles. The maximum atomic E-state index is 12.9. The number of likely N-dealkylation sites (tertiary alicyclic amines) is 1. The first-order valence-corrected chi connectivity index (χ1v) is 7.75. The van der Waals surface area contributed by atoms with Gasteiger partial charge < -0.3 is 15.3 Å². The Balaban J connectivity index is 2.07. The minimum absolute atomic E-state index is 0.0340. The molecule has 20 heavy (non-hydrogen) atoms. The number of rotatable bonds is 4. The first-order valence-electron chi connectivity index (χ1n) is 7.75. The van der Waals surface area contributed by atoms with Gasteiger partial charge in [-0.15, -0.1) is 0 Å². The van der Waals surface area contributed by atoms with Gasteiger partial charge >= 0.3 is 5.97 Å². The van der Waals surface area contributed by atoms with Crippen molar-refractivity contribution in [1.29, 1.82) is 0 Å². The quantitative estimate of drug-likeness (QED) is 0.819.